The standard InChI is InChI=1S/C16H16ClN3O2/c1-22-15-7-5-14(6-8-15)18-11-16(21)20-19-10-12-3-2-4-13(17)9-12/h2-10,18H,11H2,1H3,(H,20,21)/b19-10+. The van der Waals surface area contributed by atoms with E-state index in [9.17, 15) is 4.79 Å². The predicted octanol–water partition coefficient (Wildman–Crippen LogP) is 2.91. The molecule has 0 saturated heterocycles. The minimum Gasteiger partial charge on any atom is -0.497 e. The van der Waals surface area contributed by atoms with E-state index in [-0.39, 0.29) is 12.5 Å². The molecule has 0 fully saturated rings. The van der Waals surface area contributed by atoms with Gasteiger partial charge in [-0.3, -0.25) is 4.79 Å². The van der Waals surface area contributed by atoms with Crippen molar-refractivity contribution < 1.29 is 9.53 Å². The van der Waals surface area contributed by atoms with Crippen molar-refractivity contribution >= 4 is 29.4 Å². The molecule has 1 amide bonds. The van der Waals surface area contributed by atoms with Crippen molar-refractivity contribution in [1.29, 1.82) is 0 Å². The van der Waals surface area contributed by atoms with Crippen LogP contribution in [0.2, 0.25) is 5.02 Å². The van der Waals surface area contributed by atoms with Crippen molar-refractivity contribution in [1.82, 2.24) is 5.43 Å². The Bertz CT molecular complexity index is 657. The summed E-state index contributed by atoms with van der Waals surface area (Å²) in [6.07, 6.45) is 1.54. The van der Waals surface area contributed by atoms with Crippen molar-refractivity contribution in [2.24, 2.45) is 5.10 Å². The van der Waals surface area contributed by atoms with Crippen molar-refractivity contribution in [2.75, 3.05) is 19.0 Å². The number of ether oxygens (including phenoxy) is 1. The summed E-state index contributed by atoms with van der Waals surface area (Å²) in [6, 6.07) is 14.5. The number of amides is 1. The molecular weight excluding hydrogens is 302 g/mol. The fraction of sp³-hybridized carbons (Fsp3) is 0.125. The zero-order chi connectivity index (χ0) is 15.8. The van der Waals surface area contributed by atoms with Gasteiger partial charge in [-0.2, -0.15) is 5.10 Å². The van der Waals surface area contributed by atoms with Crippen molar-refractivity contribution in [3.63, 3.8) is 0 Å². The molecule has 0 aromatic heterocycles. The lowest BCUT2D eigenvalue weighted by molar-refractivity contribution is -0.119. The molecular formula is C16H16ClN3O2. The van der Waals surface area contributed by atoms with Gasteiger partial charge in [0.1, 0.15) is 5.75 Å². The number of hydrogen-bond donors (Lipinski definition) is 2. The normalized spacial score (nSPS) is 10.5. The van der Waals surface area contributed by atoms with Gasteiger partial charge in [-0.15, -0.1) is 0 Å². The van der Waals surface area contributed by atoms with E-state index in [2.05, 4.69) is 15.8 Å². The third-order valence-electron chi connectivity index (χ3n) is 2.79. The van der Waals surface area contributed by atoms with E-state index in [0.717, 1.165) is 17.0 Å². The first kappa shape index (κ1) is 15.9. The molecule has 0 unspecified atom stereocenters. The molecule has 2 N–H and O–H groups in total. The number of hydrogen-bond acceptors (Lipinski definition) is 4. The van der Waals surface area contributed by atoms with Crippen LogP contribution in [-0.4, -0.2) is 25.8 Å². The fourth-order valence-electron chi connectivity index (χ4n) is 1.70. The molecule has 0 aliphatic heterocycles. The van der Waals surface area contributed by atoms with Gasteiger partial charge < -0.3 is 10.1 Å². The lowest BCUT2D eigenvalue weighted by Gasteiger charge is -2.06. The number of carbonyl (C=O) groups is 1. The number of nitrogens with one attached hydrogen (secondary N) is 2. The van der Waals surface area contributed by atoms with E-state index in [1.165, 1.54) is 6.21 Å². The molecule has 0 atom stereocenters. The van der Waals surface area contributed by atoms with Gasteiger partial charge in [0, 0.05) is 10.7 Å². The van der Waals surface area contributed by atoms with Crippen LogP contribution in [0.15, 0.2) is 53.6 Å². The number of carbonyl (C=O) groups excluding carboxylic acids is 1. The van der Waals surface area contributed by atoms with Gasteiger partial charge in [-0.1, -0.05) is 23.7 Å². The SMILES string of the molecule is COc1ccc(NCC(=O)N/N=C/c2cccc(Cl)c2)cc1. The molecule has 0 saturated carbocycles. The monoisotopic (exact) mass is 317 g/mol. The minimum absolute atomic E-state index is 0.124. The Morgan fingerprint density at radius 2 is 2.05 bits per heavy atom. The smallest absolute Gasteiger partial charge is 0.259 e. The van der Waals surface area contributed by atoms with Gasteiger partial charge in [0.05, 0.1) is 19.9 Å². The van der Waals surface area contributed by atoms with E-state index in [0.29, 0.717) is 5.02 Å². The highest BCUT2D eigenvalue weighted by Crippen LogP contribution is 2.14. The molecule has 5 nitrogen and oxygen atoms in total. The van der Waals surface area contributed by atoms with E-state index in [1.807, 2.05) is 36.4 Å². The molecule has 0 bridgehead atoms. The molecule has 6 heteroatoms. The van der Waals surface area contributed by atoms with Crippen LogP contribution in [-0.2, 0) is 4.79 Å². The van der Waals surface area contributed by atoms with E-state index in [1.54, 1.807) is 19.2 Å². The molecule has 0 heterocycles. The second kappa shape index (κ2) is 8.05. The number of hydrazone groups is 1. The maximum Gasteiger partial charge on any atom is 0.259 e. The Kier molecular flexibility index (Phi) is 5.80. The minimum atomic E-state index is -0.242. The Balaban J connectivity index is 1.77. The first-order valence-electron chi connectivity index (χ1n) is 6.63. The average Bonchev–Trinajstić information content (AvgIpc) is 2.53. The topological polar surface area (TPSA) is 62.7 Å². The zero-order valence-electron chi connectivity index (χ0n) is 12.0. The van der Waals surface area contributed by atoms with Crippen molar-refractivity contribution in [2.45, 2.75) is 0 Å². The van der Waals surface area contributed by atoms with Crippen LogP contribution in [0.5, 0.6) is 5.75 Å². The van der Waals surface area contributed by atoms with Gasteiger partial charge in [0.25, 0.3) is 5.91 Å². The van der Waals surface area contributed by atoms with Gasteiger partial charge in [-0.25, -0.2) is 5.43 Å². The average molecular weight is 318 g/mol. The predicted molar refractivity (Wildman–Crippen MR) is 88.7 cm³/mol. The van der Waals surface area contributed by atoms with Gasteiger partial charge >= 0.3 is 0 Å². The number of halogens is 1. The molecule has 0 radical (unpaired) electrons. The van der Waals surface area contributed by atoms with E-state index in [4.69, 9.17) is 16.3 Å². The Morgan fingerprint density at radius 1 is 1.27 bits per heavy atom. The molecule has 0 aliphatic carbocycles. The lowest BCUT2D eigenvalue weighted by Crippen LogP contribution is -2.25. The number of methoxy groups -OCH3 is 1. The van der Waals surface area contributed by atoms with Gasteiger partial charge in [0.15, 0.2) is 0 Å². The summed E-state index contributed by atoms with van der Waals surface area (Å²) in [4.78, 5) is 11.7. The summed E-state index contributed by atoms with van der Waals surface area (Å²) >= 11 is 5.86. The molecule has 114 valence electrons. The van der Waals surface area contributed by atoms with Crippen LogP contribution in [0.3, 0.4) is 0 Å². The summed E-state index contributed by atoms with van der Waals surface area (Å²) < 4.78 is 5.06. The highest BCUT2D eigenvalue weighted by Gasteiger charge is 1.99. The number of rotatable bonds is 6. The molecule has 2 aromatic carbocycles. The first-order chi connectivity index (χ1) is 10.7. The number of benzene rings is 2. The number of nitrogens with zero attached hydrogens (tertiary/aromatic N) is 1. The second-order valence-corrected chi connectivity index (χ2v) is 4.87. The third kappa shape index (κ3) is 5.10. The van der Waals surface area contributed by atoms with Crippen LogP contribution in [0.4, 0.5) is 5.69 Å². The summed E-state index contributed by atoms with van der Waals surface area (Å²) in [5, 5.41) is 7.49. The summed E-state index contributed by atoms with van der Waals surface area (Å²) in [5.41, 5.74) is 4.09. The van der Waals surface area contributed by atoms with E-state index < -0.39 is 0 Å². The summed E-state index contributed by atoms with van der Waals surface area (Å²) in [6.45, 7) is 0.124. The molecule has 22 heavy (non-hydrogen) atoms. The molecule has 0 spiro atoms. The summed E-state index contributed by atoms with van der Waals surface area (Å²) in [5.74, 6) is 0.523. The van der Waals surface area contributed by atoms with Gasteiger partial charge in [0.2, 0.25) is 0 Å². The Morgan fingerprint density at radius 3 is 2.73 bits per heavy atom. The largest absolute Gasteiger partial charge is 0.497 e. The fourth-order valence-corrected chi connectivity index (χ4v) is 1.90. The maximum atomic E-state index is 11.7. The van der Waals surface area contributed by atoms with Crippen LogP contribution in [0.1, 0.15) is 5.56 Å². The van der Waals surface area contributed by atoms with Gasteiger partial charge in [-0.05, 0) is 42.0 Å². The van der Waals surface area contributed by atoms with Crippen molar-refractivity contribution in [3.8, 4) is 5.75 Å². The number of anilines is 1. The van der Waals surface area contributed by atoms with Crippen LogP contribution in [0, 0.1) is 0 Å². The third-order valence-corrected chi connectivity index (χ3v) is 3.03. The first-order valence-corrected chi connectivity index (χ1v) is 7.00. The Hall–Kier alpha value is -2.53. The second-order valence-electron chi connectivity index (χ2n) is 4.43. The van der Waals surface area contributed by atoms with E-state index >= 15 is 0 Å². The highest BCUT2D eigenvalue weighted by molar-refractivity contribution is 6.30. The van der Waals surface area contributed by atoms with Crippen LogP contribution in [0.25, 0.3) is 0 Å². The van der Waals surface area contributed by atoms with Crippen LogP contribution < -0.4 is 15.5 Å². The molecule has 2 aromatic rings. The molecule has 0 aliphatic rings. The van der Waals surface area contributed by atoms with Crippen molar-refractivity contribution in [3.05, 3.63) is 59.1 Å². The quantitative estimate of drug-likeness (QED) is 0.636. The summed E-state index contributed by atoms with van der Waals surface area (Å²) in [7, 11) is 1.60. The molecule has 2 rings (SSSR count). The highest BCUT2D eigenvalue weighted by atomic mass is 35.5. The van der Waals surface area contributed by atoms with Crippen LogP contribution >= 0.6 is 11.6 Å². The lowest BCUT2D eigenvalue weighted by atomic mass is 10.2. The zero-order valence-corrected chi connectivity index (χ0v) is 12.8. The maximum absolute atomic E-state index is 11.7. The Labute approximate surface area is 133 Å².